The molecule has 7 heteroatoms. The third kappa shape index (κ3) is 2.47. The first-order valence-electron chi connectivity index (χ1n) is 6.63. The first-order chi connectivity index (χ1) is 10.2. The van der Waals surface area contributed by atoms with Gasteiger partial charge in [-0.1, -0.05) is 30.3 Å². The van der Waals surface area contributed by atoms with Gasteiger partial charge in [-0.15, -0.1) is 0 Å². The molecule has 22 heavy (non-hydrogen) atoms. The zero-order chi connectivity index (χ0) is 16.5. The van der Waals surface area contributed by atoms with E-state index in [9.17, 15) is 13.2 Å². The lowest BCUT2D eigenvalue weighted by Crippen LogP contribution is -2.52. The van der Waals surface area contributed by atoms with Crippen LogP contribution in [-0.4, -0.2) is 32.0 Å². The summed E-state index contributed by atoms with van der Waals surface area (Å²) >= 11 is 0. The number of nitrogens with zero attached hydrogens (tertiary/aromatic N) is 2. The van der Waals surface area contributed by atoms with Crippen molar-refractivity contribution in [2.24, 2.45) is 12.2 Å². The molecular weight excluding hydrogens is 302 g/mol. The zero-order valence-corrected chi connectivity index (χ0v) is 13.5. The first-order valence-corrected chi connectivity index (χ1v) is 8.18. The minimum absolute atomic E-state index is 0.223. The van der Waals surface area contributed by atoms with E-state index in [1.54, 1.807) is 51.5 Å². The number of hydrogen-bond donors (Lipinski definition) is 1. The second-order valence-electron chi connectivity index (χ2n) is 5.32. The van der Waals surface area contributed by atoms with Crippen LogP contribution < -0.4 is 10.7 Å². The minimum atomic E-state index is -4.05. The maximum atomic E-state index is 12.5. The van der Waals surface area contributed by atoms with E-state index in [0.717, 1.165) is 0 Å². The summed E-state index contributed by atoms with van der Waals surface area (Å²) in [5.74, 6) is 0. The van der Waals surface area contributed by atoms with Crippen LogP contribution in [0.15, 0.2) is 53.5 Å². The van der Waals surface area contributed by atoms with Crippen LogP contribution in [0, 0.1) is 0 Å². The molecule has 0 bridgehead atoms. The number of primary sulfonamides is 1. The Kier molecular flexibility index (Phi) is 4.23. The molecule has 118 valence electrons. The molecule has 0 aliphatic heterocycles. The highest BCUT2D eigenvalue weighted by atomic mass is 32.2. The lowest BCUT2D eigenvalue weighted by Gasteiger charge is -2.38. The molecule has 2 N–H and O–H groups in total. The van der Waals surface area contributed by atoms with Gasteiger partial charge in [0.1, 0.15) is 0 Å². The molecule has 1 atom stereocenters. The summed E-state index contributed by atoms with van der Waals surface area (Å²) < 4.78 is 26.4. The highest BCUT2D eigenvalue weighted by Gasteiger charge is 2.47. The Hall–Kier alpha value is -1.96. The molecule has 0 radical (unpaired) electrons. The summed E-state index contributed by atoms with van der Waals surface area (Å²) in [7, 11) is 0.802. The van der Waals surface area contributed by atoms with Gasteiger partial charge >= 0.3 is 0 Å². The molecule has 0 saturated carbocycles. The van der Waals surface area contributed by atoms with Crippen molar-refractivity contribution in [2.45, 2.75) is 4.87 Å². The van der Waals surface area contributed by atoms with Crippen molar-refractivity contribution in [1.29, 1.82) is 0 Å². The van der Waals surface area contributed by atoms with E-state index in [-0.39, 0.29) is 5.56 Å². The second-order valence-corrected chi connectivity index (χ2v) is 7.00. The van der Waals surface area contributed by atoms with Gasteiger partial charge in [-0.05, 0) is 25.7 Å². The summed E-state index contributed by atoms with van der Waals surface area (Å²) in [6.07, 6.45) is 1.50. The molecule has 0 amide bonds. The molecule has 0 fully saturated rings. The van der Waals surface area contributed by atoms with Gasteiger partial charge < -0.3 is 4.57 Å². The predicted molar refractivity (Wildman–Crippen MR) is 85.7 cm³/mol. The number of aromatic nitrogens is 1. The largest absolute Gasteiger partial charge is 0.318 e. The van der Waals surface area contributed by atoms with Crippen molar-refractivity contribution in [3.8, 4) is 0 Å². The molecule has 0 spiro atoms. The molecule has 1 unspecified atom stereocenters. The average Bonchev–Trinajstić information content (AvgIpc) is 2.42. The van der Waals surface area contributed by atoms with E-state index >= 15 is 0 Å². The Labute approximate surface area is 129 Å². The Morgan fingerprint density at radius 3 is 2.09 bits per heavy atom. The monoisotopic (exact) mass is 321 g/mol. The molecule has 1 aromatic heterocycles. The second kappa shape index (κ2) is 5.68. The summed E-state index contributed by atoms with van der Waals surface area (Å²) in [6.45, 7) is 0. The SMILES string of the molecule is CN(C)C(c1ccccc1)(c1ccc(=O)n(C)c1)S(N)(=O)=O. The number of sulfonamides is 1. The van der Waals surface area contributed by atoms with Crippen LogP contribution in [0.2, 0.25) is 0 Å². The van der Waals surface area contributed by atoms with Crippen molar-refractivity contribution in [2.75, 3.05) is 14.1 Å². The van der Waals surface area contributed by atoms with Crippen LogP contribution in [0.4, 0.5) is 0 Å². The molecule has 6 nitrogen and oxygen atoms in total. The zero-order valence-electron chi connectivity index (χ0n) is 12.7. The highest BCUT2D eigenvalue weighted by Crippen LogP contribution is 2.37. The normalized spacial score (nSPS) is 14.8. The van der Waals surface area contributed by atoms with E-state index in [1.807, 2.05) is 0 Å². The fourth-order valence-corrected chi connectivity index (χ4v) is 4.15. The average molecular weight is 321 g/mol. The summed E-state index contributed by atoms with van der Waals surface area (Å²) in [4.78, 5) is 11.6. The van der Waals surface area contributed by atoms with Gasteiger partial charge in [0.25, 0.3) is 0 Å². The molecule has 0 aliphatic carbocycles. The Bertz CT molecular complexity index is 829. The smallest absolute Gasteiger partial charge is 0.250 e. The molecule has 1 aromatic carbocycles. The van der Waals surface area contributed by atoms with Gasteiger partial charge in [0.05, 0.1) is 0 Å². The van der Waals surface area contributed by atoms with Gasteiger partial charge in [-0.2, -0.15) is 0 Å². The Morgan fingerprint density at radius 1 is 1.05 bits per heavy atom. The summed E-state index contributed by atoms with van der Waals surface area (Å²) in [5.41, 5.74) is 0.702. The lowest BCUT2D eigenvalue weighted by molar-refractivity contribution is 0.285. The first kappa shape index (κ1) is 16.4. The lowest BCUT2D eigenvalue weighted by atomic mass is 9.98. The van der Waals surface area contributed by atoms with Crippen LogP contribution in [0.5, 0.6) is 0 Å². The Morgan fingerprint density at radius 2 is 1.64 bits per heavy atom. The van der Waals surface area contributed by atoms with Crippen LogP contribution in [-0.2, 0) is 21.9 Å². The number of pyridine rings is 1. The topological polar surface area (TPSA) is 85.4 Å². The van der Waals surface area contributed by atoms with Crippen molar-refractivity contribution in [3.05, 3.63) is 70.1 Å². The van der Waals surface area contributed by atoms with Gasteiger partial charge in [0.15, 0.2) is 4.87 Å². The number of aryl methyl sites for hydroxylation is 1. The number of nitrogens with two attached hydrogens (primary N) is 1. The van der Waals surface area contributed by atoms with Crippen LogP contribution in [0.3, 0.4) is 0 Å². The quantitative estimate of drug-likeness (QED) is 0.885. The maximum Gasteiger partial charge on any atom is 0.250 e. The highest BCUT2D eigenvalue weighted by molar-refractivity contribution is 7.90. The molecule has 2 aromatic rings. The third-order valence-corrected chi connectivity index (χ3v) is 5.34. The van der Waals surface area contributed by atoms with Crippen LogP contribution in [0.1, 0.15) is 11.1 Å². The fourth-order valence-electron chi connectivity index (χ4n) is 2.72. The van der Waals surface area contributed by atoms with E-state index in [2.05, 4.69) is 0 Å². The Balaban J connectivity index is 2.92. The van der Waals surface area contributed by atoms with E-state index in [0.29, 0.717) is 11.1 Å². The molecular formula is C15H19N3O3S. The van der Waals surface area contributed by atoms with Crippen LogP contribution >= 0.6 is 0 Å². The standard InChI is InChI=1S/C15H19N3O3S/c1-17(2)15(22(16,20)21,12-7-5-4-6-8-12)13-9-10-14(19)18(3)11-13/h4-11H,1-3H3,(H2,16,20,21). The third-order valence-electron chi connectivity index (χ3n) is 3.68. The van der Waals surface area contributed by atoms with Gasteiger partial charge in [0, 0.05) is 24.9 Å². The van der Waals surface area contributed by atoms with E-state index in [1.165, 1.54) is 27.8 Å². The predicted octanol–water partition coefficient (Wildman–Crippen LogP) is 0.437. The van der Waals surface area contributed by atoms with Crippen LogP contribution in [0.25, 0.3) is 0 Å². The molecule has 0 saturated heterocycles. The summed E-state index contributed by atoms with van der Waals surface area (Å²) in [6, 6.07) is 11.5. The van der Waals surface area contributed by atoms with Gasteiger partial charge in [-0.25, -0.2) is 13.6 Å². The number of rotatable bonds is 4. The molecule has 0 aliphatic rings. The van der Waals surface area contributed by atoms with E-state index < -0.39 is 14.9 Å². The van der Waals surface area contributed by atoms with Gasteiger partial charge in [0.2, 0.25) is 15.6 Å². The minimum Gasteiger partial charge on any atom is -0.318 e. The van der Waals surface area contributed by atoms with Crippen molar-refractivity contribution in [3.63, 3.8) is 0 Å². The fraction of sp³-hybridized carbons (Fsp3) is 0.267. The summed E-state index contributed by atoms with van der Waals surface area (Å²) in [5, 5.41) is 5.61. The molecule has 1 heterocycles. The van der Waals surface area contributed by atoms with Crippen molar-refractivity contribution < 1.29 is 8.42 Å². The number of hydrogen-bond acceptors (Lipinski definition) is 4. The number of benzene rings is 1. The maximum absolute atomic E-state index is 12.5. The van der Waals surface area contributed by atoms with E-state index in [4.69, 9.17) is 5.14 Å². The van der Waals surface area contributed by atoms with Gasteiger partial charge in [-0.3, -0.25) is 9.69 Å². The van der Waals surface area contributed by atoms with Crippen molar-refractivity contribution in [1.82, 2.24) is 9.47 Å². The molecule has 2 rings (SSSR count). The van der Waals surface area contributed by atoms with Crippen molar-refractivity contribution >= 4 is 10.0 Å².